The molecule has 0 radical (unpaired) electrons. The van der Waals surface area contributed by atoms with Gasteiger partial charge >= 0.3 is 0 Å². The molecule has 2 aromatic carbocycles. The zero-order chi connectivity index (χ0) is 14.8. The summed E-state index contributed by atoms with van der Waals surface area (Å²) in [5, 5.41) is 0. The topological polar surface area (TPSA) is 46.2 Å². The Labute approximate surface area is 116 Å². The maximum absolute atomic E-state index is 13.4. The molecule has 0 aliphatic rings. The molecule has 0 aliphatic carbocycles. The predicted octanol–water partition coefficient (Wildman–Crippen LogP) is 3.33. The molecule has 0 bridgehead atoms. The third-order valence-electron chi connectivity index (χ3n) is 2.81. The number of anilines is 1. The van der Waals surface area contributed by atoms with Crippen LogP contribution in [0.1, 0.15) is 12.5 Å². The lowest BCUT2D eigenvalue weighted by Crippen LogP contribution is -2.14. The van der Waals surface area contributed by atoms with Crippen LogP contribution in [0.25, 0.3) is 0 Å². The summed E-state index contributed by atoms with van der Waals surface area (Å²) >= 11 is 0. The second kappa shape index (κ2) is 5.58. The largest absolute Gasteiger partial charge is 0.277 e. The first-order valence-electron chi connectivity index (χ1n) is 5.99. The van der Waals surface area contributed by atoms with E-state index in [1.165, 1.54) is 12.1 Å². The van der Waals surface area contributed by atoms with E-state index in [0.717, 1.165) is 30.2 Å². The lowest BCUT2D eigenvalue weighted by Gasteiger charge is -2.09. The minimum absolute atomic E-state index is 0.00152. The number of hydrogen-bond donors (Lipinski definition) is 1. The summed E-state index contributed by atoms with van der Waals surface area (Å²) in [6.45, 7) is 1.95. The van der Waals surface area contributed by atoms with Crippen LogP contribution >= 0.6 is 0 Å². The van der Waals surface area contributed by atoms with Gasteiger partial charge in [-0.1, -0.05) is 19.1 Å². The molecule has 20 heavy (non-hydrogen) atoms. The fourth-order valence-corrected chi connectivity index (χ4v) is 2.74. The van der Waals surface area contributed by atoms with Gasteiger partial charge < -0.3 is 0 Å². The lowest BCUT2D eigenvalue weighted by molar-refractivity contribution is 0.594. The summed E-state index contributed by atoms with van der Waals surface area (Å²) in [4.78, 5) is -0.00152. The van der Waals surface area contributed by atoms with E-state index in [9.17, 15) is 17.2 Å². The lowest BCUT2D eigenvalue weighted by atomic mass is 10.2. The average Bonchev–Trinajstić information content (AvgIpc) is 2.43. The Morgan fingerprint density at radius 3 is 2.30 bits per heavy atom. The van der Waals surface area contributed by atoms with Gasteiger partial charge in [-0.05, 0) is 36.2 Å². The van der Waals surface area contributed by atoms with E-state index in [2.05, 4.69) is 0 Å². The van der Waals surface area contributed by atoms with Crippen molar-refractivity contribution in [1.82, 2.24) is 0 Å². The Balaban J connectivity index is 2.32. The van der Waals surface area contributed by atoms with Crippen LogP contribution in [0, 0.1) is 11.6 Å². The van der Waals surface area contributed by atoms with E-state index in [1.807, 2.05) is 11.6 Å². The second-order valence-corrected chi connectivity index (χ2v) is 5.91. The maximum atomic E-state index is 13.4. The van der Waals surface area contributed by atoms with E-state index in [0.29, 0.717) is 0 Å². The van der Waals surface area contributed by atoms with Crippen molar-refractivity contribution in [2.75, 3.05) is 4.72 Å². The number of sulfonamides is 1. The zero-order valence-electron chi connectivity index (χ0n) is 10.7. The van der Waals surface area contributed by atoms with Crippen molar-refractivity contribution in [1.29, 1.82) is 0 Å². The smallest absolute Gasteiger partial charge is 0.261 e. The number of rotatable bonds is 4. The number of aryl methyl sites for hydroxylation is 1. The van der Waals surface area contributed by atoms with Gasteiger partial charge in [0.25, 0.3) is 10.0 Å². The molecule has 106 valence electrons. The summed E-state index contributed by atoms with van der Waals surface area (Å²) in [5.74, 6) is -1.55. The van der Waals surface area contributed by atoms with Crippen LogP contribution in [0.5, 0.6) is 0 Å². The van der Waals surface area contributed by atoms with Crippen molar-refractivity contribution in [2.45, 2.75) is 18.2 Å². The summed E-state index contributed by atoms with van der Waals surface area (Å²) in [6, 6.07) is 8.80. The highest BCUT2D eigenvalue weighted by Gasteiger charge is 2.16. The fraction of sp³-hybridized carbons (Fsp3) is 0.143. The Bertz CT molecular complexity index is 712. The van der Waals surface area contributed by atoms with Crippen molar-refractivity contribution in [3.05, 3.63) is 59.7 Å². The van der Waals surface area contributed by atoms with E-state index in [1.54, 1.807) is 12.1 Å². The fourth-order valence-electron chi connectivity index (χ4n) is 1.68. The Hall–Kier alpha value is -1.95. The van der Waals surface area contributed by atoms with Crippen LogP contribution in [-0.4, -0.2) is 8.42 Å². The summed E-state index contributed by atoms with van der Waals surface area (Å²) in [6.07, 6.45) is 0.784. The van der Waals surface area contributed by atoms with Gasteiger partial charge in [-0.3, -0.25) is 4.72 Å². The first-order chi connectivity index (χ1) is 9.42. The monoisotopic (exact) mass is 297 g/mol. The summed E-state index contributed by atoms with van der Waals surface area (Å²) in [7, 11) is -3.93. The molecule has 0 atom stereocenters. The van der Waals surface area contributed by atoms with Crippen molar-refractivity contribution < 1.29 is 17.2 Å². The Kier molecular flexibility index (Phi) is 4.04. The molecule has 0 heterocycles. The quantitative estimate of drug-likeness (QED) is 0.941. The molecule has 0 fully saturated rings. The predicted molar refractivity (Wildman–Crippen MR) is 73.0 cm³/mol. The van der Waals surface area contributed by atoms with Crippen molar-refractivity contribution in [2.24, 2.45) is 0 Å². The van der Waals surface area contributed by atoms with Crippen LogP contribution in [0.15, 0.2) is 47.4 Å². The second-order valence-electron chi connectivity index (χ2n) is 4.23. The van der Waals surface area contributed by atoms with Crippen LogP contribution < -0.4 is 4.72 Å². The van der Waals surface area contributed by atoms with E-state index < -0.39 is 27.3 Å². The Morgan fingerprint density at radius 2 is 1.70 bits per heavy atom. The molecular formula is C14H13F2NO2S. The van der Waals surface area contributed by atoms with Crippen LogP contribution in [-0.2, 0) is 16.4 Å². The van der Waals surface area contributed by atoms with Crippen molar-refractivity contribution in [3.8, 4) is 0 Å². The van der Waals surface area contributed by atoms with E-state index >= 15 is 0 Å². The number of hydrogen-bond acceptors (Lipinski definition) is 2. The normalized spacial score (nSPS) is 11.3. The SMILES string of the molecule is CCc1ccc(S(=O)(=O)Nc2cc(F)ccc2F)cc1. The maximum Gasteiger partial charge on any atom is 0.261 e. The molecule has 2 aromatic rings. The van der Waals surface area contributed by atoms with Crippen LogP contribution in [0.2, 0.25) is 0 Å². The molecule has 0 spiro atoms. The standard InChI is InChI=1S/C14H13F2NO2S/c1-2-10-3-6-12(7-4-10)20(18,19)17-14-9-11(15)5-8-13(14)16/h3-9,17H,2H2,1H3. The van der Waals surface area contributed by atoms with Crippen molar-refractivity contribution >= 4 is 15.7 Å². The molecule has 3 nitrogen and oxygen atoms in total. The van der Waals surface area contributed by atoms with Gasteiger partial charge in [-0.25, -0.2) is 17.2 Å². The van der Waals surface area contributed by atoms with Gasteiger partial charge in [-0.15, -0.1) is 0 Å². The zero-order valence-corrected chi connectivity index (χ0v) is 11.5. The molecule has 0 aromatic heterocycles. The molecule has 0 aliphatic heterocycles. The molecular weight excluding hydrogens is 284 g/mol. The van der Waals surface area contributed by atoms with Gasteiger partial charge in [0.2, 0.25) is 0 Å². The Morgan fingerprint density at radius 1 is 1.05 bits per heavy atom. The van der Waals surface area contributed by atoms with Crippen LogP contribution in [0.4, 0.5) is 14.5 Å². The third-order valence-corrected chi connectivity index (χ3v) is 4.20. The molecule has 0 amide bonds. The molecule has 2 rings (SSSR count). The summed E-state index contributed by atoms with van der Waals surface area (Å²) < 4.78 is 52.6. The number of benzene rings is 2. The summed E-state index contributed by atoms with van der Waals surface area (Å²) in [5.41, 5.74) is 0.574. The van der Waals surface area contributed by atoms with Gasteiger partial charge in [-0.2, -0.15) is 0 Å². The highest BCUT2D eigenvalue weighted by Crippen LogP contribution is 2.20. The van der Waals surface area contributed by atoms with Crippen LogP contribution in [0.3, 0.4) is 0 Å². The number of halogens is 2. The molecule has 6 heteroatoms. The highest BCUT2D eigenvalue weighted by molar-refractivity contribution is 7.92. The average molecular weight is 297 g/mol. The van der Waals surface area contributed by atoms with Crippen molar-refractivity contribution in [3.63, 3.8) is 0 Å². The minimum atomic E-state index is -3.93. The third kappa shape index (κ3) is 3.14. The van der Waals surface area contributed by atoms with Gasteiger partial charge in [0, 0.05) is 6.07 Å². The van der Waals surface area contributed by atoms with Gasteiger partial charge in [0.1, 0.15) is 11.6 Å². The van der Waals surface area contributed by atoms with Gasteiger partial charge in [0.15, 0.2) is 0 Å². The minimum Gasteiger partial charge on any atom is -0.277 e. The van der Waals surface area contributed by atoms with E-state index in [4.69, 9.17) is 0 Å². The molecule has 0 saturated heterocycles. The molecule has 0 unspecified atom stereocenters. The first kappa shape index (κ1) is 14.5. The molecule has 1 N–H and O–H groups in total. The highest BCUT2D eigenvalue weighted by atomic mass is 32.2. The van der Waals surface area contributed by atoms with E-state index in [-0.39, 0.29) is 4.90 Å². The van der Waals surface area contributed by atoms with Gasteiger partial charge in [0.05, 0.1) is 10.6 Å². The molecule has 0 saturated carbocycles. The first-order valence-corrected chi connectivity index (χ1v) is 7.47. The number of nitrogens with one attached hydrogen (secondary N) is 1.